The zero-order chi connectivity index (χ0) is 38.9. The van der Waals surface area contributed by atoms with Crippen LogP contribution in [-0.2, 0) is 5.41 Å². The van der Waals surface area contributed by atoms with Crippen LogP contribution < -0.4 is 0 Å². The second-order valence-electron chi connectivity index (χ2n) is 16.4. The molecule has 6 nitrogen and oxygen atoms in total. The highest BCUT2D eigenvalue weighted by atomic mass is 15.0. The van der Waals surface area contributed by atoms with Crippen LogP contribution in [0.5, 0.6) is 0 Å². The normalized spacial score (nSPS) is 19.9. The molecule has 0 N–H and O–H groups in total. The van der Waals surface area contributed by atoms with E-state index in [0.717, 1.165) is 73.0 Å². The van der Waals surface area contributed by atoms with Gasteiger partial charge >= 0.3 is 0 Å². The lowest BCUT2D eigenvalue weighted by Gasteiger charge is -2.76. The van der Waals surface area contributed by atoms with Crippen molar-refractivity contribution >= 4 is 10.8 Å². The molecule has 0 aliphatic heterocycles. The van der Waals surface area contributed by atoms with Crippen molar-refractivity contribution in [2.45, 2.75) is 24.7 Å². The zero-order valence-electron chi connectivity index (χ0n) is 32.3. The van der Waals surface area contributed by atoms with Crippen LogP contribution in [0.1, 0.15) is 24.8 Å². The summed E-state index contributed by atoms with van der Waals surface area (Å²) in [5.41, 5.74) is 9.80. The Hall–Kier alpha value is -7.18. The molecular formula is C53H38N6. The highest BCUT2D eigenvalue weighted by Crippen LogP contribution is 2.77. The lowest BCUT2D eigenvalue weighted by molar-refractivity contribution is -0.219. The van der Waals surface area contributed by atoms with Crippen molar-refractivity contribution in [2.24, 2.45) is 17.8 Å². The van der Waals surface area contributed by atoms with Gasteiger partial charge in [-0.05, 0) is 82.0 Å². The van der Waals surface area contributed by atoms with E-state index in [1.54, 1.807) is 0 Å². The molecule has 2 atom stereocenters. The fourth-order valence-electron chi connectivity index (χ4n) is 10.4. The fraction of sp³-hybridized carbons (Fsp3) is 0.132. The van der Waals surface area contributed by atoms with Gasteiger partial charge in [-0.15, -0.1) is 0 Å². The Labute approximate surface area is 342 Å². The Morgan fingerprint density at radius 3 is 1.25 bits per heavy atom. The zero-order valence-corrected chi connectivity index (χ0v) is 32.3. The van der Waals surface area contributed by atoms with Gasteiger partial charge in [0.25, 0.3) is 0 Å². The summed E-state index contributed by atoms with van der Waals surface area (Å²) in [5, 5.41) is 2.17. The van der Waals surface area contributed by atoms with E-state index in [9.17, 15) is 0 Å². The van der Waals surface area contributed by atoms with Gasteiger partial charge in [-0.25, -0.2) is 29.9 Å². The quantitative estimate of drug-likeness (QED) is 0.154. The molecule has 3 aliphatic carbocycles. The highest BCUT2D eigenvalue weighted by molar-refractivity contribution is 6.04. The van der Waals surface area contributed by atoms with Gasteiger partial charge < -0.3 is 0 Å². The maximum atomic E-state index is 5.20. The topological polar surface area (TPSA) is 77.3 Å². The van der Waals surface area contributed by atoms with E-state index in [1.807, 2.05) is 78.9 Å². The second kappa shape index (κ2) is 13.5. The lowest BCUT2D eigenvalue weighted by Crippen LogP contribution is -2.71. The number of benzene rings is 7. The van der Waals surface area contributed by atoms with Crippen molar-refractivity contribution in [1.82, 2.24) is 29.9 Å². The maximum Gasteiger partial charge on any atom is 0.164 e. The van der Waals surface area contributed by atoms with Crippen LogP contribution in [0.3, 0.4) is 0 Å². The minimum absolute atomic E-state index is 0.424. The molecule has 9 aromatic rings. The maximum absolute atomic E-state index is 5.20. The van der Waals surface area contributed by atoms with Gasteiger partial charge in [0.05, 0.1) is 0 Å². The van der Waals surface area contributed by atoms with Gasteiger partial charge in [-0.3, -0.25) is 0 Å². The van der Waals surface area contributed by atoms with Crippen molar-refractivity contribution < 1.29 is 0 Å². The Morgan fingerprint density at radius 1 is 0.339 bits per heavy atom. The molecule has 0 amide bonds. The third-order valence-corrected chi connectivity index (χ3v) is 13.2. The molecule has 3 aliphatic rings. The Bertz CT molecular complexity index is 2970. The van der Waals surface area contributed by atoms with E-state index in [1.165, 1.54) is 24.8 Å². The summed E-state index contributed by atoms with van der Waals surface area (Å²) in [4.78, 5) is 30.3. The molecular weight excluding hydrogens is 721 g/mol. The van der Waals surface area contributed by atoms with Crippen molar-refractivity contribution in [1.29, 1.82) is 0 Å². The lowest BCUT2D eigenvalue weighted by atomic mass is 9.28. The SMILES string of the molecule is c1ccc(-c2nc(-c3ccccc3)nc(-c3cccc(-c4ccc(-c5nc(-c6ccccc6)nc(-c6ccc(C78CC9CC(C7)C98)cc6)n5)c5ccccc45)c3)n2)cc1. The molecule has 2 aromatic heterocycles. The monoisotopic (exact) mass is 758 g/mol. The minimum Gasteiger partial charge on any atom is -0.208 e. The molecule has 6 heteroatoms. The number of aromatic nitrogens is 6. The average molecular weight is 759 g/mol. The summed E-state index contributed by atoms with van der Waals surface area (Å²) in [7, 11) is 0. The van der Waals surface area contributed by atoms with Crippen LogP contribution in [0, 0.1) is 17.8 Å². The van der Waals surface area contributed by atoms with Crippen LogP contribution >= 0.6 is 0 Å². The van der Waals surface area contributed by atoms with Gasteiger partial charge in [0.2, 0.25) is 0 Å². The Morgan fingerprint density at radius 2 is 0.746 bits per heavy atom. The molecule has 3 saturated carbocycles. The van der Waals surface area contributed by atoms with Crippen molar-refractivity contribution in [3.05, 3.63) is 181 Å². The summed E-state index contributed by atoms with van der Waals surface area (Å²) < 4.78 is 0. The predicted molar refractivity (Wildman–Crippen MR) is 235 cm³/mol. The van der Waals surface area contributed by atoms with E-state index in [0.29, 0.717) is 40.4 Å². The van der Waals surface area contributed by atoms with Gasteiger partial charge in [0.15, 0.2) is 34.9 Å². The molecule has 7 aromatic carbocycles. The first-order valence-corrected chi connectivity index (χ1v) is 20.6. The van der Waals surface area contributed by atoms with Crippen molar-refractivity contribution in [2.75, 3.05) is 0 Å². The summed E-state index contributed by atoms with van der Waals surface area (Å²) in [6, 6.07) is 60.9. The summed E-state index contributed by atoms with van der Waals surface area (Å²) in [6.07, 6.45) is 4.17. The molecule has 0 saturated heterocycles. The molecule has 12 rings (SSSR count). The number of rotatable bonds is 8. The molecule has 2 heterocycles. The number of hydrogen-bond donors (Lipinski definition) is 0. The van der Waals surface area contributed by atoms with E-state index in [-0.39, 0.29) is 0 Å². The van der Waals surface area contributed by atoms with E-state index in [2.05, 4.69) is 97.1 Å². The molecule has 280 valence electrons. The standard InChI is InChI=1S/C53H38N6/c1-4-13-33(14-5-1)47-54-48(34-15-6-2-7-16-34)57-51(56-47)38-20-12-19-37(29-38)42-27-28-45(44-22-11-10-21-43(42)44)52-58-49(35-17-8-3-9-18-35)55-50(59-52)36-23-25-41(26-24-36)53-31-39-30-40(32-53)46(39)53/h1-29,39-40,46H,30-32H2. The van der Waals surface area contributed by atoms with Gasteiger partial charge in [-0.1, -0.05) is 164 Å². The third kappa shape index (κ3) is 5.62. The van der Waals surface area contributed by atoms with Crippen LogP contribution in [-0.4, -0.2) is 29.9 Å². The smallest absolute Gasteiger partial charge is 0.164 e. The molecule has 0 spiro atoms. The summed E-state index contributed by atoms with van der Waals surface area (Å²) >= 11 is 0. The second-order valence-corrected chi connectivity index (χ2v) is 16.4. The fourth-order valence-corrected chi connectivity index (χ4v) is 10.4. The van der Waals surface area contributed by atoms with Crippen LogP contribution in [0.4, 0.5) is 0 Å². The van der Waals surface area contributed by atoms with Crippen molar-refractivity contribution in [3.63, 3.8) is 0 Å². The summed E-state index contributed by atoms with van der Waals surface area (Å²) in [6.45, 7) is 0. The average Bonchev–Trinajstić information content (AvgIpc) is 3.31. The van der Waals surface area contributed by atoms with Gasteiger partial charge in [0, 0.05) is 33.4 Å². The van der Waals surface area contributed by atoms with Crippen LogP contribution in [0.15, 0.2) is 176 Å². The van der Waals surface area contributed by atoms with E-state index < -0.39 is 0 Å². The first-order chi connectivity index (χ1) is 29.2. The van der Waals surface area contributed by atoms with E-state index >= 15 is 0 Å². The number of nitrogens with zero attached hydrogens (tertiary/aromatic N) is 6. The first kappa shape index (κ1) is 33.9. The first-order valence-electron chi connectivity index (χ1n) is 20.6. The van der Waals surface area contributed by atoms with Gasteiger partial charge in [-0.2, -0.15) is 0 Å². The van der Waals surface area contributed by atoms with Crippen molar-refractivity contribution in [3.8, 4) is 79.5 Å². The largest absolute Gasteiger partial charge is 0.208 e. The predicted octanol–water partition coefficient (Wildman–Crippen LogP) is 12.2. The Balaban J connectivity index is 0.947. The molecule has 3 fully saturated rings. The molecule has 2 unspecified atom stereocenters. The number of fused-ring (bicyclic) bond motifs is 1. The third-order valence-electron chi connectivity index (χ3n) is 13.2. The van der Waals surface area contributed by atoms with Crippen LogP contribution in [0.2, 0.25) is 0 Å². The Kier molecular flexibility index (Phi) is 7.73. The molecule has 59 heavy (non-hydrogen) atoms. The molecule has 0 radical (unpaired) electrons. The van der Waals surface area contributed by atoms with Crippen LogP contribution in [0.25, 0.3) is 90.2 Å². The number of hydrogen-bond acceptors (Lipinski definition) is 6. The molecule has 0 bridgehead atoms. The van der Waals surface area contributed by atoms with E-state index in [4.69, 9.17) is 29.9 Å². The van der Waals surface area contributed by atoms with Gasteiger partial charge in [0.1, 0.15) is 0 Å². The summed E-state index contributed by atoms with van der Waals surface area (Å²) in [5.74, 6) is 6.75. The highest BCUT2D eigenvalue weighted by Gasteiger charge is 2.71. The minimum atomic E-state index is 0.424.